The van der Waals surface area contributed by atoms with Gasteiger partial charge >= 0.3 is 0 Å². The third-order valence-corrected chi connectivity index (χ3v) is 5.34. The number of amides is 1. The molecule has 1 atom stereocenters. The molecule has 1 amide bonds. The van der Waals surface area contributed by atoms with Gasteiger partial charge in [-0.2, -0.15) is 5.10 Å². The number of nitrogens with zero attached hydrogens (tertiary/aromatic N) is 3. The molecule has 5 rings (SSSR count). The van der Waals surface area contributed by atoms with Crippen LogP contribution in [0.3, 0.4) is 0 Å². The summed E-state index contributed by atoms with van der Waals surface area (Å²) in [7, 11) is 0. The predicted octanol–water partition coefficient (Wildman–Crippen LogP) is 4.07. The molecular formula is C21H18FN5O. The summed E-state index contributed by atoms with van der Waals surface area (Å²) in [5.41, 5.74) is 3.43. The van der Waals surface area contributed by atoms with Crippen molar-refractivity contribution >= 4 is 16.9 Å². The van der Waals surface area contributed by atoms with Gasteiger partial charge in [0.15, 0.2) is 0 Å². The number of pyridine rings is 1. The van der Waals surface area contributed by atoms with E-state index >= 15 is 0 Å². The lowest BCUT2D eigenvalue weighted by atomic mass is 10.0. The molecule has 3 aromatic heterocycles. The summed E-state index contributed by atoms with van der Waals surface area (Å²) in [6, 6.07) is 10.2. The first-order valence-electron chi connectivity index (χ1n) is 9.25. The lowest BCUT2D eigenvalue weighted by Crippen LogP contribution is -2.30. The highest BCUT2D eigenvalue weighted by Gasteiger charge is 2.33. The maximum Gasteiger partial charge on any atom is 0.256 e. The summed E-state index contributed by atoms with van der Waals surface area (Å²) >= 11 is 0. The molecule has 1 aliphatic rings. The Kier molecular flexibility index (Phi) is 3.93. The van der Waals surface area contributed by atoms with Crippen molar-refractivity contribution in [3.05, 3.63) is 71.9 Å². The summed E-state index contributed by atoms with van der Waals surface area (Å²) < 4.78 is 14.3. The molecule has 140 valence electrons. The van der Waals surface area contributed by atoms with Crippen LogP contribution in [0.15, 0.2) is 55.0 Å². The third kappa shape index (κ3) is 2.67. The molecule has 1 fully saturated rings. The van der Waals surface area contributed by atoms with Crippen LogP contribution < -0.4 is 0 Å². The van der Waals surface area contributed by atoms with E-state index in [1.807, 2.05) is 18.2 Å². The normalized spacial score (nSPS) is 16.8. The van der Waals surface area contributed by atoms with E-state index in [0.717, 1.165) is 29.5 Å². The fraction of sp³-hybridized carbons (Fsp3) is 0.190. The molecule has 1 aromatic carbocycles. The molecule has 1 saturated heterocycles. The lowest BCUT2D eigenvalue weighted by molar-refractivity contribution is 0.0735. The van der Waals surface area contributed by atoms with Crippen LogP contribution in [-0.2, 0) is 0 Å². The molecule has 7 heteroatoms. The van der Waals surface area contributed by atoms with Crippen LogP contribution in [0.1, 0.15) is 34.8 Å². The summed E-state index contributed by atoms with van der Waals surface area (Å²) in [4.78, 5) is 22.7. The highest BCUT2D eigenvalue weighted by molar-refractivity contribution is 6.06. The average Bonchev–Trinajstić information content (AvgIpc) is 3.47. The number of likely N-dealkylation sites (tertiary alicyclic amines) is 1. The van der Waals surface area contributed by atoms with Gasteiger partial charge in [-0.05, 0) is 31.0 Å². The molecule has 0 unspecified atom stereocenters. The zero-order valence-corrected chi connectivity index (χ0v) is 15.0. The van der Waals surface area contributed by atoms with E-state index in [0.29, 0.717) is 23.3 Å². The van der Waals surface area contributed by atoms with E-state index in [9.17, 15) is 9.18 Å². The van der Waals surface area contributed by atoms with Gasteiger partial charge in [-0.3, -0.25) is 9.89 Å². The second-order valence-electron chi connectivity index (χ2n) is 6.96. The number of hydrogen-bond acceptors (Lipinski definition) is 3. The number of nitrogens with one attached hydrogen (secondary N) is 2. The first-order chi connectivity index (χ1) is 13.7. The Bertz CT molecular complexity index is 1150. The maximum atomic E-state index is 14.3. The number of rotatable bonds is 3. The number of carbonyl (C=O) groups excluding carboxylic acids is 1. The number of carbonyl (C=O) groups is 1. The van der Waals surface area contributed by atoms with Gasteiger partial charge < -0.3 is 9.88 Å². The highest BCUT2D eigenvalue weighted by Crippen LogP contribution is 2.35. The summed E-state index contributed by atoms with van der Waals surface area (Å²) in [6.45, 7) is 0.616. The van der Waals surface area contributed by atoms with Gasteiger partial charge in [-0.1, -0.05) is 18.2 Å². The van der Waals surface area contributed by atoms with Gasteiger partial charge in [-0.15, -0.1) is 0 Å². The molecule has 0 spiro atoms. The molecule has 0 bridgehead atoms. The number of aromatic amines is 2. The molecule has 4 aromatic rings. The van der Waals surface area contributed by atoms with Crippen molar-refractivity contribution in [2.75, 3.05) is 6.54 Å². The Labute approximate surface area is 160 Å². The van der Waals surface area contributed by atoms with Crippen LogP contribution in [0.25, 0.3) is 22.3 Å². The van der Waals surface area contributed by atoms with E-state index in [-0.39, 0.29) is 17.8 Å². The minimum absolute atomic E-state index is 0.102. The Balaban J connectivity index is 1.49. The van der Waals surface area contributed by atoms with Crippen LogP contribution in [0.5, 0.6) is 0 Å². The molecule has 28 heavy (non-hydrogen) atoms. The highest BCUT2D eigenvalue weighted by atomic mass is 19.1. The van der Waals surface area contributed by atoms with Gasteiger partial charge in [0.2, 0.25) is 0 Å². The van der Waals surface area contributed by atoms with Crippen LogP contribution >= 0.6 is 0 Å². The first kappa shape index (κ1) is 16.7. The zero-order chi connectivity index (χ0) is 19.1. The Morgan fingerprint density at radius 1 is 1.18 bits per heavy atom. The molecule has 1 aliphatic heterocycles. The SMILES string of the molecule is O=C(c1c[nH]c2nc(-c3cn[nH]c3)ccc12)N1CCC[C@H]1c1ccccc1F. The van der Waals surface area contributed by atoms with E-state index in [1.165, 1.54) is 6.07 Å². The van der Waals surface area contributed by atoms with Gasteiger partial charge in [0.05, 0.1) is 23.5 Å². The number of aromatic nitrogens is 4. The summed E-state index contributed by atoms with van der Waals surface area (Å²) in [5.74, 6) is -0.368. The van der Waals surface area contributed by atoms with Crippen molar-refractivity contribution in [2.24, 2.45) is 0 Å². The largest absolute Gasteiger partial charge is 0.345 e. The number of fused-ring (bicyclic) bond motifs is 1. The van der Waals surface area contributed by atoms with Crippen molar-refractivity contribution in [2.45, 2.75) is 18.9 Å². The van der Waals surface area contributed by atoms with E-state index in [4.69, 9.17) is 0 Å². The van der Waals surface area contributed by atoms with Gasteiger partial charge in [-0.25, -0.2) is 9.37 Å². The molecule has 0 radical (unpaired) electrons. The summed E-state index contributed by atoms with van der Waals surface area (Å²) in [5, 5.41) is 7.47. The standard InChI is InChI=1S/C21H18FN5O/c22-17-5-2-1-4-15(17)19-6-3-9-27(19)21(28)16-12-23-20-14(16)7-8-18(26-20)13-10-24-25-11-13/h1-2,4-5,7-8,10-12,19H,3,6,9H2,(H,23,26)(H,24,25)/t19-/m0/s1. The third-order valence-electron chi connectivity index (χ3n) is 5.34. The molecule has 4 heterocycles. The van der Waals surface area contributed by atoms with Crippen LogP contribution in [0.2, 0.25) is 0 Å². The molecular weight excluding hydrogens is 357 g/mol. The van der Waals surface area contributed by atoms with Gasteiger partial charge in [0, 0.05) is 35.5 Å². The lowest BCUT2D eigenvalue weighted by Gasteiger charge is -2.25. The Morgan fingerprint density at radius 3 is 2.89 bits per heavy atom. The monoisotopic (exact) mass is 375 g/mol. The van der Waals surface area contributed by atoms with Gasteiger partial charge in [0.1, 0.15) is 11.5 Å². The van der Waals surface area contributed by atoms with Crippen LogP contribution in [-0.4, -0.2) is 37.5 Å². The fourth-order valence-corrected chi connectivity index (χ4v) is 3.97. The van der Waals surface area contributed by atoms with Crippen molar-refractivity contribution in [1.82, 2.24) is 25.1 Å². The Morgan fingerprint density at radius 2 is 2.07 bits per heavy atom. The molecule has 6 nitrogen and oxygen atoms in total. The van der Waals surface area contributed by atoms with Crippen molar-refractivity contribution in [3.8, 4) is 11.3 Å². The van der Waals surface area contributed by atoms with Crippen LogP contribution in [0, 0.1) is 5.82 Å². The minimum Gasteiger partial charge on any atom is -0.345 e. The van der Waals surface area contributed by atoms with Gasteiger partial charge in [0.25, 0.3) is 5.91 Å². The Hall–Kier alpha value is -3.48. The van der Waals surface area contributed by atoms with Crippen molar-refractivity contribution < 1.29 is 9.18 Å². The number of H-pyrrole nitrogens is 2. The van der Waals surface area contributed by atoms with E-state index < -0.39 is 0 Å². The molecule has 0 aliphatic carbocycles. The number of benzene rings is 1. The maximum absolute atomic E-state index is 14.3. The molecule has 0 saturated carbocycles. The van der Waals surface area contributed by atoms with Crippen LogP contribution in [0.4, 0.5) is 4.39 Å². The van der Waals surface area contributed by atoms with E-state index in [2.05, 4.69) is 20.2 Å². The molecule has 2 N–H and O–H groups in total. The minimum atomic E-state index is -0.266. The quantitative estimate of drug-likeness (QED) is 0.567. The van der Waals surface area contributed by atoms with E-state index in [1.54, 1.807) is 35.6 Å². The fourth-order valence-electron chi connectivity index (χ4n) is 3.97. The number of halogens is 1. The number of hydrogen-bond donors (Lipinski definition) is 2. The first-order valence-corrected chi connectivity index (χ1v) is 9.25. The van der Waals surface area contributed by atoms with Crippen molar-refractivity contribution in [3.63, 3.8) is 0 Å². The second-order valence-corrected chi connectivity index (χ2v) is 6.96. The zero-order valence-electron chi connectivity index (χ0n) is 15.0. The average molecular weight is 375 g/mol. The smallest absolute Gasteiger partial charge is 0.256 e. The van der Waals surface area contributed by atoms with Crippen molar-refractivity contribution in [1.29, 1.82) is 0 Å². The topological polar surface area (TPSA) is 77.7 Å². The predicted molar refractivity (Wildman–Crippen MR) is 103 cm³/mol. The summed E-state index contributed by atoms with van der Waals surface area (Å²) in [6.07, 6.45) is 6.78. The second kappa shape index (κ2) is 6.60.